The smallest absolute Gasteiger partial charge is 0.00394 e. The summed E-state index contributed by atoms with van der Waals surface area (Å²) in [4.78, 5) is 0. The van der Waals surface area contributed by atoms with E-state index in [1.165, 1.54) is 0 Å². The van der Waals surface area contributed by atoms with E-state index in [0.717, 1.165) is 38.8 Å². The molecule has 0 aromatic heterocycles. The molecule has 6 N–H and O–H groups in total. The summed E-state index contributed by atoms with van der Waals surface area (Å²) in [5.41, 5.74) is 16.7. The molecule has 0 aromatic rings. The van der Waals surface area contributed by atoms with Crippen LogP contribution in [0.4, 0.5) is 0 Å². The van der Waals surface area contributed by atoms with Crippen molar-refractivity contribution in [2.75, 3.05) is 13.1 Å². The molecule has 2 atom stereocenters. The van der Waals surface area contributed by atoms with Crippen LogP contribution in [-0.4, -0.2) is 19.1 Å². The maximum absolute atomic E-state index is 5.87. The highest BCUT2D eigenvalue weighted by Crippen LogP contribution is 2.08. The normalized spacial score (nSPS) is 16.0. The van der Waals surface area contributed by atoms with Crippen molar-refractivity contribution in [3.8, 4) is 0 Å². The second-order valence-corrected chi connectivity index (χ2v) is 3.61. The van der Waals surface area contributed by atoms with Gasteiger partial charge in [-0.1, -0.05) is 6.92 Å². The Hall–Kier alpha value is -0.120. The molecule has 0 amide bonds. The lowest BCUT2D eigenvalue weighted by atomic mass is 10.00. The first-order valence-electron chi connectivity index (χ1n) is 4.86. The largest absolute Gasteiger partial charge is 0.330 e. The van der Waals surface area contributed by atoms with Crippen molar-refractivity contribution in [2.45, 2.75) is 38.6 Å². The topological polar surface area (TPSA) is 78.1 Å². The Balaban J connectivity index is 3.24. The summed E-state index contributed by atoms with van der Waals surface area (Å²) in [5.74, 6) is 0.605. The van der Waals surface area contributed by atoms with E-state index in [4.69, 9.17) is 17.2 Å². The zero-order valence-electron chi connectivity index (χ0n) is 8.13. The Morgan fingerprint density at radius 2 is 1.75 bits per heavy atom. The van der Waals surface area contributed by atoms with Crippen LogP contribution in [0.1, 0.15) is 32.6 Å². The van der Waals surface area contributed by atoms with Gasteiger partial charge < -0.3 is 17.2 Å². The minimum atomic E-state index is 0.322. The van der Waals surface area contributed by atoms with Crippen molar-refractivity contribution >= 4 is 0 Å². The Morgan fingerprint density at radius 3 is 2.25 bits per heavy atom. The maximum atomic E-state index is 5.87. The Morgan fingerprint density at radius 1 is 1.08 bits per heavy atom. The van der Waals surface area contributed by atoms with Crippen molar-refractivity contribution in [3.63, 3.8) is 0 Å². The van der Waals surface area contributed by atoms with Crippen LogP contribution in [0.3, 0.4) is 0 Å². The molecule has 0 fully saturated rings. The summed E-state index contributed by atoms with van der Waals surface area (Å²) >= 11 is 0. The highest BCUT2D eigenvalue weighted by Gasteiger charge is 2.04. The average Bonchev–Trinajstić information content (AvgIpc) is 2.10. The fourth-order valence-electron chi connectivity index (χ4n) is 1.14. The van der Waals surface area contributed by atoms with Gasteiger partial charge in [-0.05, 0) is 44.7 Å². The van der Waals surface area contributed by atoms with Gasteiger partial charge in [-0.2, -0.15) is 0 Å². The summed E-state index contributed by atoms with van der Waals surface area (Å²) in [6.07, 6.45) is 4.31. The number of hydrogen-bond acceptors (Lipinski definition) is 3. The third-order valence-corrected chi connectivity index (χ3v) is 2.21. The van der Waals surface area contributed by atoms with Crippen LogP contribution in [-0.2, 0) is 0 Å². The molecule has 0 saturated carbocycles. The predicted molar refractivity (Wildman–Crippen MR) is 53.7 cm³/mol. The quantitative estimate of drug-likeness (QED) is 0.522. The van der Waals surface area contributed by atoms with Crippen molar-refractivity contribution < 1.29 is 0 Å². The van der Waals surface area contributed by atoms with E-state index >= 15 is 0 Å². The van der Waals surface area contributed by atoms with Crippen molar-refractivity contribution in [1.82, 2.24) is 0 Å². The van der Waals surface area contributed by atoms with Gasteiger partial charge in [0.15, 0.2) is 0 Å². The second kappa shape index (κ2) is 7.53. The van der Waals surface area contributed by atoms with E-state index in [1.807, 2.05) is 0 Å². The fourth-order valence-corrected chi connectivity index (χ4v) is 1.14. The van der Waals surface area contributed by atoms with Crippen LogP contribution in [0.25, 0.3) is 0 Å². The van der Waals surface area contributed by atoms with Gasteiger partial charge >= 0.3 is 0 Å². The highest BCUT2D eigenvalue weighted by atomic mass is 14.6. The van der Waals surface area contributed by atoms with Gasteiger partial charge in [0.1, 0.15) is 0 Å². The zero-order chi connectivity index (χ0) is 9.40. The first-order chi connectivity index (χ1) is 5.70. The average molecular weight is 173 g/mol. The van der Waals surface area contributed by atoms with Gasteiger partial charge in [-0.15, -0.1) is 0 Å². The lowest BCUT2D eigenvalue weighted by molar-refractivity contribution is 0.455. The first kappa shape index (κ1) is 11.9. The number of rotatable bonds is 7. The molecule has 0 radical (unpaired) electrons. The fraction of sp³-hybridized carbons (Fsp3) is 1.00. The van der Waals surface area contributed by atoms with Crippen LogP contribution in [0.5, 0.6) is 0 Å². The second-order valence-electron chi connectivity index (χ2n) is 3.61. The van der Waals surface area contributed by atoms with Gasteiger partial charge in [0.05, 0.1) is 0 Å². The molecule has 0 rings (SSSR count). The molecular weight excluding hydrogens is 150 g/mol. The van der Waals surface area contributed by atoms with Crippen LogP contribution in [0.2, 0.25) is 0 Å². The molecule has 74 valence electrons. The Kier molecular flexibility index (Phi) is 7.45. The van der Waals surface area contributed by atoms with Crippen LogP contribution >= 0.6 is 0 Å². The van der Waals surface area contributed by atoms with Crippen molar-refractivity contribution in [1.29, 1.82) is 0 Å². The van der Waals surface area contributed by atoms with E-state index in [1.54, 1.807) is 0 Å². The molecule has 12 heavy (non-hydrogen) atoms. The Labute approximate surface area is 75.7 Å². The molecule has 0 aromatic carbocycles. The molecule has 2 unspecified atom stereocenters. The van der Waals surface area contributed by atoms with E-state index < -0.39 is 0 Å². The summed E-state index contributed by atoms with van der Waals surface area (Å²) in [7, 11) is 0. The molecule has 0 spiro atoms. The van der Waals surface area contributed by atoms with Crippen molar-refractivity contribution in [3.05, 3.63) is 0 Å². The monoisotopic (exact) mass is 173 g/mol. The zero-order valence-corrected chi connectivity index (χ0v) is 8.13. The third kappa shape index (κ3) is 6.58. The Bertz CT molecular complexity index is 95.8. The number of hydrogen-bond donors (Lipinski definition) is 3. The first-order valence-corrected chi connectivity index (χ1v) is 4.86. The maximum Gasteiger partial charge on any atom is 0.00394 e. The molecule has 0 aliphatic heterocycles. The summed E-state index contributed by atoms with van der Waals surface area (Å²) in [6.45, 7) is 3.68. The van der Waals surface area contributed by atoms with Gasteiger partial charge in [0.25, 0.3) is 0 Å². The van der Waals surface area contributed by atoms with E-state index in [0.29, 0.717) is 12.0 Å². The van der Waals surface area contributed by atoms with Crippen LogP contribution in [0.15, 0.2) is 0 Å². The standard InChI is InChI=1S/C9H23N3/c1-8(7-11)4-5-9(12)3-2-6-10/h8-9H,2-7,10-12H2,1H3. The van der Waals surface area contributed by atoms with Crippen molar-refractivity contribution in [2.24, 2.45) is 23.1 Å². The lowest BCUT2D eigenvalue weighted by Gasteiger charge is -2.13. The SMILES string of the molecule is CC(CN)CCC(N)CCCN. The minimum absolute atomic E-state index is 0.322. The molecular formula is C9H23N3. The van der Waals surface area contributed by atoms with Crippen LogP contribution in [0, 0.1) is 5.92 Å². The van der Waals surface area contributed by atoms with E-state index in [-0.39, 0.29) is 0 Å². The molecule has 0 aliphatic carbocycles. The summed E-state index contributed by atoms with van der Waals surface area (Å²) in [5, 5.41) is 0. The van der Waals surface area contributed by atoms with E-state index in [9.17, 15) is 0 Å². The molecule has 3 nitrogen and oxygen atoms in total. The summed E-state index contributed by atoms with van der Waals surface area (Å²) < 4.78 is 0. The van der Waals surface area contributed by atoms with Gasteiger partial charge in [-0.3, -0.25) is 0 Å². The van der Waals surface area contributed by atoms with Gasteiger partial charge in [-0.25, -0.2) is 0 Å². The van der Waals surface area contributed by atoms with E-state index in [2.05, 4.69) is 6.92 Å². The molecule has 0 saturated heterocycles. The molecule has 0 aliphatic rings. The highest BCUT2D eigenvalue weighted by molar-refractivity contribution is 4.64. The molecule has 0 heterocycles. The van der Waals surface area contributed by atoms with Crippen LogP contribution < -0.4 is 17.2 Å². The van der Waals surface area contributed by atoms with Gasteiger partial charge in [0, 0.05) is 6.04 Å². The summed E-state index contributed by atoms with van der Waals surface area (Å²) in [6, 6.07) is 0.322. The molecule has 3 heteroatoms. The minimum Gasteiger partial charge on any atom is -0.330 e. The third-order valence-electron chi connectivity index (χ3n) is 2.21. The lowest BCUT2D eigenvalue weighted by Crippen LogP contribution is -2.23. The molecule has 0 bridgehead atoms. The predicted octanol–water partition coefficient (Wildman–Crippen LogP) is 0.428. The van der Waals surface area contributed by atoms with Gasteiger partial charge in [0.2, 0.25) is 0 Å². The number of nitrogens with two attached hydrogens (primary N) is 3.